The number of halogens is 1. The second-order valence-electron chi connectivity index (χ2n) is 8.68. The molecule has 0 radical (unpaired) electrons. The summed E-state index contributed by atoms with van der Waals surface area (Å²) in [6.07, 6.45) is 7.69. The first kappa shape index (κ1) is 19.2. The third-order valence-corrected chi connectivity index (χ3v) is 7.55. The molecule has 0 bridgehead atoms. The highest BCUT2D eigenvalue weighted by Gasteiger charge is 2.40. The number of rotatable bonds is 3. The van der Waals surface area contributed by atoms with E-state index in [0.29, 0.717) is 5.92 Å². The van der Waals surface area contributed by atoms with Gasteiger partial charge in [0.1, 0.15) is 0 Å². The normalized spacial score (nSPS) is 40.0. The molecular formula is C20H33BrO2. The number of hydrogen-bond donors (Lipinski definition) is 2. The van der Waals surface area contributed by atoms with E-state index in [4.69, 9.17) is 0 Å². The van der Waals surface area contributed by atoms with Crippen LogP contribution in [0.25, 0.3) is 0 Å². The highest BCUT2D eigenvalue weighted by molar-refractivity contribution is 9.09. The molecular weight excluding hydrogens is 352 g/mol. The van der Waals surface area contributed by atoms with E-state index in [1.165, 1.54) is 17.6 Å². The Bertz CT molecular complexity index is 478. The summed E-state index contributed by atoms with van der Waals surface area (Å²) in [6, 6.07) is 0. The quantitative estimate of drug-likeness (QED) is 0.531. The van der Waals surface area contributed by atoms with Crippen molar-refractivity contribution >= 4 is 15.9 Å². The van der Waals surface area contributed by atoms with Gasteiger partial charge < -0.3 is 10.2 Å². The highest BCUT2D eigenvalue weighted by atomic mass is 79.9. The van der Waals surface area contributed by atoms with Crippen LogP contribution in [-0.4, -0.2) is 26.7 Å². The van der Waals surface area contributed by atoms with Gasteiger partial charge in [0.2, 0.25) is 0 Å². The lowest BCUT2D eigenvalue weighted by Gasteiger charge is -2.43. The molecule has 2 aliphatic rings. The van der Waals surface area contributed by atoms with E-state index in [0.717, 1.165) is 32.1 Å². The first-order valence-electron chi connectivity index (χ1n) is 8.95. The lowest BCUT2D eigenvalue weighted by Crippen LogP contribution is -2.41. The zero-order valence-corrected chi connectivity index (χ0v) is 16.7. The van der Waals surface area contributed by atoms with Gasteiger partial charge in [-0.05, 0) is 63.7 Å². The van der Waals surface area contributed by atoms with E-state index >= 15 is 0 Å². The average molecular weight is 385 g/mol. The summed E-state index contributed by atoms with van der Waals surface area (Å²) in [7, 11) is 0. The summed E-state index contributed by atoms with van der Waals surface area (Å²) in [5.41, 5.74) is 1.95. The Morgan fingerprint density at radius 3 is 2.57 bits per heavy atom. The molecule has 0 aromatic rings. The van der Waals surface area contributed by atoms with Gasteiger partial charge in [0.05, 0.1) is 11.7 Å². The van der Waals surface area contributed by atoms with Crippen LogP contribution in [0.5, 0.6) is 0 Å². The smallest absolute Gasteiger partial charge is 0.0793 e. The molecule has 2 fully saturated rings. The molecule has 0 spiro atoms. The van der Waals surface area contributed by atoms with Crippen LogP contribution < -0.4 is 0 Å². The molecule has 0 aromatic heterocycles. The molecule has 2 rings (SSSR count). The Hall–Kier alpha value is -0.120. The first-order chi connectivity index (χ1) is 10.5. The maximum atomic E-state index is 10.9. The molecule has 2 aliphatic carbocycles. The van der Waals surface area contributed by atoms with Crippen molar-refractivity contribution in [3.8, 4) is 0 Å². The SMILES string of the molecule is C=C1CCCC(C)(C)C1[C@H](O)/C=C(\C)C1CC[C@@](C)(O)[C@@H](Br)C1. The van der Waals surface area contributed by atoms with Crippen molar-refractivity contribution in [1.82, 2.24) is 0 Å². The van der Waals surface area contributed by atoms with E-state index < -0.39 is 11.7 Å². The molecule has 2 unspecified atom stereocenters. The fourth-order valence-corrected chi connectivity index (χ4v) is 5.18. The maximum absolute atomic E-state index is 10.9. The van der Waals surface area contributed by atoms with Gasteiger partial charge in [0.25, 0.3) is 0 Å². The van der Waals surface area contributed by atoms with Crippen molar-refractivity contribution in [1.29, 1.82) is 0 Å². The number of aliphatic hydroxyl groups excluding tert-OH is 1. The molecule has 0 heterocycles. The van der Waals surface area contributed by atoms with Gasteiger partial charge in [-0.1, -0.05) is 53.6 Å². The average Bonchev–Trinajstić information content (AvgIpc) is 2.40. The van der Waals surface area contributed by atoms with Crippen molar-refractivity contribution in [3.05, 3.63) is 23.8 Å². The van der Waals surface area contributed by atoms with Crippen molar-refractivity contribution in [3.63, 3.8) is 0 Å². The van der Waals surface area contributed by atoms with E-state index in [-0.39, 0.29) is 16.2 Å². The van der Waals surface area contributed by atoms with Gasteiger partial charge >= 0.3 is 0 Å². The molecule has 132 valence electrons. The fraction of sp³-hybridized carbons (Fsp3) is 0.800. The van der Waals surface area contributed by atoms with Crippen LogP contribution in [0.2, 0.25) is 0 Å². The second-order valence-corrected chi connectivity index (χ2v) is 9.78. The van der Waals surface area contributed by atoms with Crippen molar-refractivity contribution in [2.45, 2.75) is 82.8 Å². The van der Waals surface area contributed by atoms with E-state index in [2.05, 4.69) is 49.4 Å². The summed E-state index contributed by atoms with van der Waals surface area (Å²) in [4.78, 5) is 0.121. The molecule has 2 saturated carbocycles. The van der Waals surface area contributed by atoms with Crippen molar-refractivity contribution < 1.29 is 10.2 Å². The Morgan fingerprint density at radius 1 is 1.35 bits per heavy atom. The molecule has 0 saturated heterocycles. The third-order valence-electron chi connectivity index (χ3n) is 6.19. The minimum atomic E-state index is -0.616. The summed E-state index contributed by atoms with van der Waals surface area (Å²) in [6.45, 7) is 12.8. The van der Waals surface area contributed by atoms with E-state index in [9.17, 15) is 10.2 Å². The van der Waals surface area contributed by atoms with Crippen LogP contribution in [0.3, 0.4) is 0 Å². The maximum Gasteiger partial charge on any atom is 0.0793 e. The van der Waals surface area contributed by atoms with Crippen LogP contribution in [0.15, 0.2) is 23.8 Å². The van der Waals surface area contributed by atoms with Gasteiger partial charge in [-0.3, -0.25) is 0 Å². The Kier molecular flexibility index (Phi) is 5.86. The number of hydrogen-bond acceptors (Lipinski definition) is 2. The molecule has 3 heteroatoms. The minimum Gasteiger partial charge on any atom is -0.389 e. The Morgan fingerprint density at radius 2 is 2.00 bits per heavy atom. The Balaban J connectivity index is 2.09. The molecule has 23 heavy (non-hydrogen) atoms. The van der Waals surface area contributed by atoms with Crippen LogP contribution in [0, 0.1) is 17.3 Å². The van der Waals surface area contributed by atoms with Gasteiger partial charge in [0, 0.05) is 10.7 Å². The molecule has 0 aromatic carbocycles. The number of allylic oxidation sites excluding steroid dienone is 1. The highest BCUT2D eigenvalue weighted by Crippen LogP contribution is 2.46. The first-order valence-corrected chi connectivity index (χ1v) is 9.86. The monoisotopic (exact) mass is 384 g/mol. The fourth-order valence-electron chi connectivity index (χ4n) is 4.50. The van der Waals surface area contributed by atoms with Gasteiger partial charge in [-0.2, -0.15) is 0 Å². The van der Waals surface area contributed by atoms with Crippen LogP contribution in [0.4, 0.5) is 0 Å². The standard InChI is InChI=1S/C20H33BrO2/c1-13-7-6-9-19(3,4)18(13)16(22)11-14(2)15-8-10-20(5,23)17(21)12-15/h11,15-18,22-23H,1,6-10,12H2,2-5H3/b14-11+/t15?,16-,17+,18?,20-/m1/s1. The lowest BCUT2D eigenvalue weighted by atomic mass is 9.64. The summed E-state index contributed by atoms with van der Waals surface area (Å²) >= 11 is 3.64. The lowest BCUT2D eigenvalue weighted by molar-refractivity contribution is 0.0210. The summed E-state index contributed by atoms with van der Waals surface area (Å²) in [5, 5.41) is 21.2. The zero-order valence-electron chi connectivity index (χ0n) is 15.1. The molecule has 5 atom stereocenters. The van der Waals surface area contributed by atoms with Gasteiger partial charge in [0.15, 0.2) is 0 Å². The predicted octanol–water partition coefficient (Wildman–Crippen LogP) is 4.99. The van der Waals surface area contributed by atoms with Crippen LogP contribution >= 0.6 is 15.9 Å². The number of aliphatic hydroxyl groups is 2. The largest absolute Gasteiger partial charge is 0.389 e. The molecule has 0 aliphatic heterocycles. The van der Waals surface area contributed by atoms with Gasteiger partial charge in [-0.25, -0.2) is 0 Å². The van der Waals surface area contributed by atoms with Gasteiger partial charge in [-0.15, -0.1) is 0 Å². The summed E-state index contributed by atoms with van der Waals surface area (Å²) in [5.74, 6) is 0.590. The van der Waals surface area contributed by atoms with E-state index in [1.807, 2.05) is 6.92 Å². The summed E-state index contributed by atoms with van der Waals surface area (Å²) < 4.78 is 0. The Labute approximate surface area is 150 Å². The van der Waals surface area contributed by atoms with E-state index in [1.54, 1.807) is 0 Å². The molecule has 0 amide bonds. The molecule has 2 nitrogen and oxygen atoms in total. The van der Waals surface area contributed by atoms with Crippen molar-refractivity contribution in [2.24, 2.45) is 17.3 Å². The zero-order chi connectivity index (χ0) is 17.4. The van der Waals surface area contributed by atoms with Crippen LogP contribution in [-0.2, 0) is 0 Å². The minimum absolute atomic E-state index is 0.111. The second kappa shape index (κ2) is 7.01. The number of alkyl halides is 1. The predicted molar refractivity (Wildman–Crippen MR) is 101 cm³/mol. The molecule has 2 N–H and O–H groups in total. The van der Waals surface area contributed by atoms with Crippen molar-refractivity contribution in [2.75, 3.05) is 0 Å². The van der Waals surface area contributed by atoms with Crippen LogP contribution in [0.1, 0.15) is 66.2 Å². The topological polar surface area (TPSA) is 40.5 Å². The third kappa shape index (κ3) is 4.29.